The molecular formula is C38H48O5. The van der Waals surface area contributed by atoms with Crippen molar-refractivity contribution in [3.63, 3.8) is 0 Å². The van der Waals surface area contributed by atoms with Gasteiger partial charge in [0.05, 0.1) is 5.56 Å². The number of carboxylic acid groups (broad SMARTS) is 2. The molecule has 3 aromatic carbocycles. The molecular weight excluding hydrogens is 536 g/mol. The van der Waals surface area contributed by atoms with Gasteiger partial charge in [0.1, 0.15) is 12.4 Å². The number of carboxylic acids is 2. The molecule has 0 saturated heterocycles. The number of fused-ring (bicyclic) bond motifs is 1. The molecule has 3 aromatic rings. The minimum atomic E-state index is -0.871. The van der Waals surface area contributed by atoms with Crippen molar-refractivity contribution in [1.82, 2.24) is 0 Å². The smallest absolute Gasteiger partial charge is 0.335 e. The summed E-state index contributed by atoms with van der Waals surface area (Å²) in [6.07, 6.45) is 10.2. The molecule has 0 spiro atoms. The lowest BCUT2D eigenvalue weighted by Crippen LogP contribution is -2.20. The van der Waals surface area contributed by atoms with E-state index in [-0.39, 0.29) is 11.8 Å². The van der Waals surface area contributed by atoms with Crippen molar-refractivity contribution in [2.75, 3.05) is 0 Å². The van der Waals surface area contributed by atoms with Crippen molar-refractivity contribution in [1.29, 1.82) is 0 Å². The molecule has 43 heavy (non-hydrogen) atoms. The summed E-state index contributed by atoms with van der Waals surface area (Å²) in [5.41, 5.74) is 6.65. The number of aliphatic carboxylic acids is 1. The quantitative estimate of drug-likeness (QED) is 0.174. The van der Waals surface area contributed by atoms with E-state index in [9.17, 15) is 14.7 Å². The van der Waals surface area contributed by atoms with Crippen LogP contribution in [-0.4, -0.2) is 22.2 Å². The number of carbonyl (C=O) groups is 2. The molecule has 1 aliphatic rings. The van der Waals surface area contributed by atoms with Gasteiger partial charge in [-0.3, -0.25) is 4.79 Å². The second-order valence-electron chi connectivity index (χ2n) is 13.2. The lowest BCUT2D eigenvalue weighted by atomic mass is 9.72. The zero-order valence-corrected chi connectivity index (χ0v) is 26.1. The Labute approximate surface area is 257 Å². The normalized spacial score (nSPS) is 15.5. The monoisotopic (exact) mass is 584 g/mol. The number of hydrogen-bond acceptors (Lipinski definition) is 3. The van der Waals surface area contributed by atoms with E-state index in [0.29, 0.717) is 24.0 Å². The number of benzene rings is 3. The fourth-order valence-corrected chi connectivity index (χ4v) is 6.54. The van der Waals surface area contributed by atoms with Gasteiger partial charge in [-0.2, -0.15) is 0 Å². The van der Waals surface area contributed by atoms with Crippen molar-refractivity contribution in [3.8, 4) is 5.75 Å². The highest BCUT2D eigenvalue weighted by molar-refractivity contribution is 5.88. The Kier molecular flexibility index (Phi) is 11.4. The molecule has 4 rings (SSSR count). The summed E-state index contributed by atoms with van der Waals surface area (Å²) in [6.45, 7) is 7.21. The fourth-order valence-electron chi connectivity index (χ4n) is 6.54. The number of hydrogen-bond donors (Lipinski definition) is 2. The molecule has 0 heterocycles. The third-order valence-electron chi connectivity index (χ3n) is 8.98. The summed E-state index contributed by atoms with van der Waals surface area (Å²) >= 11 is 0. The van der Waals surface area contributed by atoms with E-state index in [4.69, 9.17) is 9.84 Å². The van der Waals surface area contributed by atoms with Gasteiger partial charge in [-0.1, -0.05) is 88.6 Å². The van der Waals surface area contributed by atoms with E-state index < -0.39 is 11.9 Å². The first-order valence-corrected chi connectivity index (χ1v) is 16.0. The molecule has 5 nitrogen and oxygen atoms in total. The zero-order valence-electron chi connectivity index (χ0n) is 26.1. The van der Waals surface area contributed by atoms with Crippen molar-refractivity contribution < 1.29 is 24.5 Å². The summed E-state index contributed by atoms with van der Waals surface area (Å²) in [5, 5.41) is 18.5. The highest BCUT2D eigenvalue weighted by Gasteiger charge is 2.28. The summed E-state index contributed by atoms with van der Waals surface area (Å²) in [7, 11) is 0. The van der Waals surface area contributed by atoms with Crippen molar-refractivity contribution in [3.05, 3.63) is 100 Å². The summed E-state index contributed by atoms with van der Waals surface area (Å²) in [5.74, 6) is 0.209. The first-order chi connectivity index (χ1) is 20.6. The molecule has 0 saturated carbocycles. The topological polar surface area (TPSA) is 83.8 Å². The number of aryl methyl sites for hydroxylation is 2. The molecule has 0 fully saturated rings. The maximum Gasteiger partial charge on any atom is 0.335 e. The third-order valence-corrected chi connectivity index (χ3v) is 8.98. The molecule has 2 N–H and O–H groups in total. The highest BCUT2D eigenvalue weighted by Crippen LogP contribution is 2.42. The van der Waals surface area contributed by atoms with Gasteiger partial charge < -0.3 is 14.9 Å². The second-order valence-corrected chi connectivity index (χ2v) is 13.2. The Balaban J connectivity index is 1.47. The van der Waals surface area contributed by atoms with Crippen molar-refractivity contribution in [2.45, 2.75) is 109 Å². The minimum absolute atomic E-state index is 0.0894. The predicted octanol–water partition coefficient (Wildman–Crippen LogP) is 9.36. The van der Waals surface area contributed by atoms with E-state index in [1.165, 1.54) is 27.8 Å². The third kappa shape index (κ3) is 9.44. The van der Waals surface area contributed by atoms with Gasteiger partial charge in [-0.05, 0) is 108 Å². The lowest BCUT2D eigenvalue weighted by molar-refractivity contribution is -0.137. The van der Waals surface area contributed by atoms with Crippen LogP contribution in [0.25, 0.3) is 0 Å². The van der Waals surface area contributed by atoms with Gasteiger partial charge in [0, 0.05) is 6.42 Å². The van der Waals surface area contributed by atoms with Gasteiger partial charge in [0.2, 0.25) is 0 Å². The predicted molar refractivity (Wildman–Crippen MR) is 172 cm³/mol. The molecule has 2 unspecified atom stereocenters. The maximum absolute atomic E-state index is 11.6. The van der Waals surface area contributed by atoms with E-state index in [1.807, 2.05) is 12.1 Å². The van der Waals surface area contributed by atoms with Crippen LogP contribution in [0.4, 0.5) is 0 Å². The van der Waals surface area contributed by atoms with Crippen LogP contribution in [0.2, 0.25) is 0 Å². The Bertz CT molecular complexity index is 1370. The second kappa shape index (κ2) is 15.2. The number of para-hydroxylation sites is 1. The van der Waals surface area contributed by atoms with Crippen LogP contribution in [0.1, 0.15) is 123 Å². The molecule has 0 bridgehead atoms. The SMILES string of the molecule is CC(C)(C)c1cccc(COc2ccccc2CCC(CCCCCCC(=O)O)C2CCCc3cc(C(=O)O)ccc32)c1. The average Bonchev–Trinajstić information content (AvgIpc) is 2.98. The highest BCUT2D eigenvalue weighted by atomic mass is 16.5. The van der Waals surface area contributed by atoms with Crippen LogP contribution in [-0.2, 0) is 29.7 Å². The minimum Gasteiger partial charge on any atom is -0.489 e. The Morgan fingerprint density at radius 1 is 0.907 bits per heavy atom. The Morgan fingerprint density at radius 2 is 1.70 bits per heavy atom. The molecule has 0 aromatic heterocycles. The lowest BCUT2D eigenvalue weighted by Gasteiger charge is -2.33. The number of rotatable bonds is 15. The van der Waals surface area contributed by atoms with E-state index in [0.717, 1.165) is 70.0 Å². The fraction of sp³-hybridized carbons (Fsp3) is 0.474. The molecule has 2 atom stereocenters. The molecule has 5 heteroatoms. The molecule has 1 aliphatic carbocycles. The molecule has 0 amide bonds. The first kappa shape index (κ1) is 32.3. The molecule has 230 valence electrons. The number of ether oxygens (including phenoxy) is 1. The van der Waals surface area contributed by atoms with Gasteiger partial charge in [-0.15, -0.1) is 0 Å². The van der Waals surface area contributed by atoms with Gasteiger partial charge in [-0.25, -0.2) is 4.79 Å². The largest absolute Gasteiger partial charge is 0.489 e. The Morgan fingerprint density at radius 3 is 2.47 bits per heavy atom. The molecule has 0 radical (unpaired) electrons. The average molecular weight is 585 g/mol. The van der Waals surface area contributed by atoms with Crippen LogP contribution in [0.5, 0.6) is 5.75 Å². The van der Waals surface area contributed by atoms with Crippen LogP contribution in [0, 0.1) is 5.92 Å². The summed E-state index contributed by atoms with van der Waals surface area (Å²) in [4.78, 5) is 22.5. The van der Waals surface area contributed by atoms with Crippen molar-refractivity contribution >= 4 is 11.9 Å². The van der Waals surface area contributed by atoms with Crippen LogP contribution >= 0.6 is 0 Å². The van der Waals surface area contributed by atoms with Gasteiger partial charge in [0.15, 0.2) is 0 Å². The van der Waals surface area contributed by atoms with E-state index in [1.54, 1.807) is 6.07 Å². The summed E-state index contributed by atoms with van der Waals surface area (Å²) in [6, 6.07) is 22.7. The first-order valence-electron chi connectivity index (χ1n) is 16.0. The Hall–Kier alpha value is -3.60. The van der Waals surface area contributed by atoms with Crippen LogP contribution < -0.4 is 4.74 Å². The summed E-state index contributed by atoms with van der Waals surface area (Å²) < 4.78 is 6.40. The maximum atomic E-state index is 11.6. The van der Waals surface area contributed by atoms with Crippen LogP contribution in [0.3, 0.4) is 0 Å². The number of aromatic carboxylic acids is 1. The van der Waals surface area contributed by atoms with Gasteiger partial charge >= 0.3 is 11.9 Å². The zero-order chi connectivity index (χ0) is 30.8. The molecule has 0 aliphatic heterocycles. The number of unbranched alkanes of at least 4 members (excludes halogenated alkanes) is 3. The van der Waals surface area contributed by atoms with Crippen LogP contribution in [0.15, 0.2) is 66.7 Å². The van der Waals surface area contributed by atoms with E-state index in [2.05, 4.69) is 69.3 Å². The van der Waals surface area contributed by atoms with Gasteiger partial charge in [0.25, 0.3) is 0 Å². The van der Waals surface area contributed by atoms with E-state index >= 15 is 0 Å². The van der Waals surface area contributed by atoms with Crippen molar-refractivity contribution in [2.24, 2.45) is 5.92 Å². The standard InChI is InChI=1S/C38H48O5/c1-38(2,3)32-16-10-12-27(24-32)26-43-35-18-9-8-14-29(35)21-20-28(13-6-4-5-7-19-36(39)40)33-17-11-15-30-25-31(37(41)42)22-23-34(30)33/h8-10,12,14,16,18,22-25,28,33H,4-7,11,13,15,17,19-21,26H2,1-3H3,(H,39,40)(H,41,42).